The van der Waals surface area contributed by atoms with Crippen molar-refractivity contribution in [2.45, 2.75) is 20.4 Å². The average molecular weight is 270 g/mol. The van der Waals surface area contributed by atoms with E-state index >= 15 is 0 Å². The first-order valence-electron chi connectivity index (χ1n) is 6.30. The standard InChI is InChI=1S/C15H14N2O3/c1-9-13(10(2)20-16-9)8-17-6-5-11-7-12(15(18)19)3-4-14(11)17/h3-7H,8H2,1-2H3,(H,18,19). The molecule has 2 heterocycles. The maximum atomic E-state index is 11.0. The maximum Gasteiger partial charge on any atom is 0.335 e. The summed E-state index contributed by atoms with van der Waals surface area (Å²) in [4.78, 5) is 11.0. The number of carboxylic acids is 1. The van der Waals surface area contributed by atoms with Crippen LogP contribution in [-0.2, 0) is 6.54 Å². The summed E-state index contributed by atoms with van der Waals surface area (Å²) in [5, 5.41) is 13.9. The van der Waals surface area contributed by atoms with E-state index in [0.717, 1.165) is 27.9 Å². The third-order valence-electron chi connectivity index (χ3n) is 3.53. The van der Waals surface area contributed by atoms with Crippen LogP contribution in [0.2, 0.25) is 0 Å². The Kier molecular flexibility index (Phi) is 2.82. The first-order valence-corrected chi connectivity index (χ1v) is 6.30. The summed E-state index contributed by atoms with van der Waals surface area (Å²) in [5.74, 6) is -0.100. The molecule has 0 radical (unpaired) electrons. The Bertz CT molecular complexity index is 779. The Morgan fingerprint density at radius 2 is 2.15 bits per heavy atom. The zero-order valence-corrected chi connectivity index (χ0v) is 11.3. The molecule has 0 fully saturated rings. The van der Waals surface area contributed by atoms with E-state index in [4.69, 9.17) is 9.63 Å². The fourth-order valence-corrected chi connectivity index (χ4v) is 2.37. The minimum Gasteiger partial charge on any atom is -0.478 e. The molecule has 0 bridgehead atoms. The third kappa shape index (κ3) is 1.97. The van der Waals surface area contributed by atoms with Crippen molar-refractivity contribution < 1.29 is 14.4 Å². The molecule has 5 nitrogen and oxygen atoms in total. The number of aromatic nitrogens is 2. The highest BCUT2D eigenvalue weighted by Crippen LogP contribution is 2.21. The van der Waals surface area contributed by atoms with E-state index in [1.165, 1.54) is 0 Å². The van der Waals surface area contributed by atoms with Crippen LogP contribution in [0.5, 0.6) is 0 Å². The second-order valence-electron chi connectivity index (χ2n) is 4.83. The summed E-state index contributed by atoms with van der Waals surface area (Å²) >= 11 is 0. The van der Waals surface area contributed by atoms with Crippen molar-refractivity contribution in [2.75, 3.05) is 0 Å². The Balaban J connectivity index is 2.03. The molecule has 3 aromatic rings. The van der Waals surface area contributed by atoms with Crippen molar-refractivity contribution in [3.63, 3.8) is 0 Å². The van der Waals surface area contributed by atoms with Crippen LogP contribution >= 0.6 is 0 Å². The molecule has 0 unspecified atom stereocenters. The monoisotopic (exact) mass is 270 g/mol. The van der Waals surface area contributed by atoms with Crippen LogP contribution in [0.25, 0.3) is 10.9 Å². The van der Waals surface area contributed by atoms with Gasteiger partial charge >= 0.3 is 5.97 Å². The molecule has 0 amide bonds. The summed E-state index contributed by atoms with van der Waals surface area (Å²) in [5.41, 5.74) is 3.24. The summed E-state index contributed by atoms with van der Waals surface area (Å²) in [6.07, 6.45) is 1.95. The van der Waals surface area contributed by atoms with E-state index in [2.05, 4.69) is 9.72 Å². The van der Waals surface area contributed by atoms with E-state index in [1.807, 2.05) is 32.2 Å². The van der Waals surface area contributed by atoms with Gasteiger partial charge < -0.3 is 14.2 Å². The molecule has 3 rings (SSSR count). The number of carboxylic acid groups (broad SMARTS) is 1. The molecule has 0 atom stereocenters. The molecule has 5 heteroatoms. The van der Waals surface area contributed by atoms with Crippen molar-refractivity contribution in [3.8, 4) is 0 Å². The van der Waals surface area contributed by atoms with Crippen molar-refractivity contribution in [1.82, 2.24) is 9.72 Å². The summed E-state index contributed by atoms with van der Waals surface area (Å²) < 4.78 is 7.23. The van der Waals surface area contributed by atoms with Gasteiger partial charge in [0.2, 0.25) is 0 Å². The predicted octanol–water partition coefficient (Wildman–Crippen LogP) is 2.99. The summed E-state index contributed by atoms with van der Waals surface area (Å²) in [6.45, 7) is 4.47. The number of aryl methyl sites for hydroxylation is 2. The van der Waals surface area contributed by atoms with Crippen molar-refractivity contribution >= 4 is 16.9 Å². The minimum absolute atomic E-state index is 0.299. The van der Waals surface area contributed by atoms with E-state index in [-0.39, 0.29) is 0 Å². The van der Waals surface area contributed by atoms with Gasteiger partial charge in [-0.15, -0.1) is 0 Å². The van der Waals surface area contributed by atoms with Crippen LogP contribution in [0, 0.1) is 13.8 Å². The molecule has 2 aromatic heterocycles. The minimum atomic E-state index is -0.912. The van der Waals surface area contributed by atoms with Gasteiger partial charge in [-0.05, 0) is 38.1 Å². The highest BCUT2D eigenvalue weighted by Gasteiger charge is 2.12. The Morgan fingerprint density at radius 3 is 2.80 bits per heavy atom. The lowest BCUT2D eigenvalue weighted by Crippen LogP contribution is -2.00. The van der Waals surface area contributed by atoms with Gasteiger partial charge in [-0.2, -0.15) is 0 Å². The highest BCUT2D eigenvalue weighted by molar-refractivity contribution is 5.93. The number of hydrogen-bond acceptors (Lipinski definition) is 3. The Labute approximate surface area is 115 Å². The first kappa shape index (κ1) is 12.5. The lowest BCUT2D eigenvalue weighted by Gasteiger charge is -2.05. The molecule has 0 aliphatic carbocycles. The fraction of sp³-hybridized carbons (Fsp3) is 0.200. The van der Waals surface area contributed by atoms with Crippen LogP contribution in [0.4, 0.5) is 0 Å². The first-order chi connectivity index (χ1) is 9.56. The van der Waals surface area contributed by atoms with E-state index in [1.54, 1.807) is 12.1 Å². The lowest BCUT2D eigenvalue weighted by atomic mass is 10.1. The molecular weight excluding hydrogens is 256 g/mol. The Hall–Kier alpha value is -2.56. The molecule has 1 aromatic carbocycles. The number of aromatic carboxylic acids is 1. The molecule has 0 aliphatic heterocycles. The zero-order valence-electron chi connectivity index (χ0n) is 11.3. The highest BCUT2D eigenvalue weighted by atomic mass is 16.5. The second-order valence-corrected chi connectivity index (χ2v) is 4.83. The molecule has 0 saturated carbocycles. The number of rotatable bonds is 3. The van der Waals surface area contributed by atoms with Crippen molar-refractivity contribution in [3.05, 3.63) is 53.0 Å². The summed E-state index contributed by atoms with van der Waals surface area (Å²) in [6, 6.07) is 7.05. The van der Waals surface area contributed by atoms with Gasteiger partial charge in [0.25, 0.3) is 0 Å². The van der Waals surface area contributed by atoms with Crippen LogP contribution in [0.3, 0.4) is 0 Å². The van der Waals surface area contributed by atoms with Gasteiger partial charge in [-0.1, -0.05) is 5.16 Å². The van der Waals surface area contributed by atoms with E-state index in [0.29, 0.717) is 12.1 Å². The van der Waals surface area contributed by atoms with Gasteiger partial charge in [0, 0.05) is 22.7 Å². The molecule has 102 valence electrons. The average Bonchev–Trinajstić information content (AvgIpc) is 2.97. The number of nitrogens with zero attached hydrogens (tertiary/aromatic N) is 2. The lowest BCUT2D eigenvalue weighted by molar-refractivity contribution is 0.0697. The number of benzene rings is 1. The third-order valence-corrected chi connectivity index (χ3v) is 3.53. The number of carbonyl (C=O) groups is 1. The van der Waals surface area contributed by atoms with Gasteiger partial charge in [-0.3, -0.25) is 0 Å². The van der Waals surface area contributed by atoms with Gasteiger partial charge in [0.1, 0.15) is 5.76 Å². The molecule has 20 heavy (non-hydrogen) atoms. The van der Waals surface area contributed by atoms with Gasteiger partial charge in [0.05, 0.1) is 17.8 Å². The van der Waals surface area contributed by atoms with E-state index in [9.17, 15) is 4.79 Å². The maximum absolute atomic E-state index is 11.0. The topological polar surface area (TPSA) is 68.3 Å². The molecule has 0 saturated heterocycles. The van der Waals surface area contributed by atoms with Crippen LogP contribution in [0.15, 0.2) is 35.0 Å². The number of fused-ring (bicyclic) bond motifs is 1. The Morgan fingerprint density at radius 1 is 1.35 bits per heavy atom. The van der Waals surface area contributed by atoms with Crippen LogP contribution in [0.1, 0.15) is 27.4 Å². The molecule has 0 aliphatic rings. The van der Waals surface area contributed by atoms with E-state index < -0.39 is 5.97 Å². The number of hydrogen-bond donors (Lipinski definition) is 1. The molecular formula is C15H14N2O3. The second kappa shape index (κ2) is 4.52. The summed E-state index contributed by atoms with van der Waals surface area (Å²) in [7, 11) is 0. The fourth-order valence-electron chi connectivity index (χ4n) is 2.37. The molecule has 1 N–H and O–H groups in total. The van der Waals surface area contributed by atoms with Crippen molar-refractivity contribution in [2.24, 2.45) is 0 Å². The van der Waals surface area contributed by atoms with Crippen LogP contribution < -0.4 is 0 Å². The predicted molar refractivity (Wildman–Crippen MR) is 74.0 cm³/mol. The normalized spacial score (nSPS) is 11.1. The zero-order chi connectivity index (χ0) is 14.3. The van der Waals surface area contributed by atoms with Crippen LogP contribution in [-0.4, -0.2) is 20.8 Å². The largest absolute Gasteiger partial charge is 0.478 e. The van der Waals surface area contributed by atoms with Gasteiger partial charge in [0.15, 0.2) is 0 Å². The quantitative estimate of drug-likeness (QED) is 0.794. The van der Waals surface area contributed by atoms with Crippen molar-refractivity contribution in [1.29, 1.82) is 0 Å². The SMILES string of the molecule is Cc1noc(C)c1Cn1ccc2cc(C(=O)O)ccc21. The molecule has 0 spiro atoms. The van der Waals surface area contributed by atoms with Gasteiger partial charge in [-0.25, -0.2) is 4.79 Å². The smallest absolute Gasteiger partial charge is 0.335 e.